The number of nitrogens with zero attached hydrogens (tertiary/aromatic N) is 1. The predicted molar refractivity (Wildman–Crippen MR) is 51.0 cm³/mol. The van der Waals surface area contributed by atoms with Gasteiger partial charge in [-0.05, 0) is 6.42 Å². The van der Waals surface area contributed by atoms with E-state index in [1.807, 2.05) is 0 Å². The SMILES string of the molecule is COCCN(C)C(=O)CCCC(=O)O. The Bertz CT molecular complexity index is 193. The van der Waals surface area contributed by atoms with Crippen molar-refractivity contribution in [3.05, 3.63) is 0 Å². The molecule has 0 aliphatic rings. The van der Waals surface area contributed by atoms with E-state index in [0.29, 0.717) is 19.6 Å². The smallest absolute Gasteiger partial charge is 0.303 e. The topological polar surface area (TPSA) is 66.8 Å². The van der Waals surface area contributed by atoms with Crippen molar-refractivity contribution in [2.24, 2.45) is 0 Å². The Morgan fingerprint density at radius 2 is 2.00 bits per heavy atom. The van der Waals surface area contributed by atoms with Crippen LogP contribution < -0.4 is 0 Å². The van der Waals surface area contributed by atoms with Gasteiger partial charge in [-0.1, -0.05) is 0 Å². The highest BCUT2D eigenvalue weighted by Crippen LogP contribution is 1.99. The van der Waals surface area contributed by atoms with Gasteiger partial charge >= 0.3 is 5.97 Å². The third-order valence-corrected chi connectivity index (χ3v) is 1.84. The van der Waals surface area contributed by atoms with Crippen LogP contribution in [0.5, 0.6) is 0 Å². The van der Waals surface area contributed by atoms with Gasteiger partial charge in [-0.2, -0.15) is 0 Å². The molecule has 0 aliphatic carbocycles. The third kappa shape index (κ3) is 6.42. The minimum absolute atomic E-state index is 0.0386. The van der Waals surface area contributed by atoms with Gasteiger partial charge < -0.3 is 14.7 Å². The number of carboxylic acid groups (broad SMARTS) is 1. The zero-order valence-corrected chi connectivity index (χ0v) is 8.65. The molecule has 82 valence electrons. The van der Waals surface area contributed by atoms with Crippen molar-refractivity contribution >= 4 is 11.9 Å². The van der Waals surface area contributed by atoms with E-state index in [1.54, 1.807) is 19.1 Å². The zero-order valence-electron chi connectivity index (χ0n) is 8.65. The van der Waals surface area contributed by atoms with Crippen LogP contribution in [0.4, 0.5) is 0 Å². The van der Waals surface area contributed by atoms with Crippen molar-refractivity contribution in [3.63, 3.8) is 0 Å². The molecule has 0 unspecified atom stereocenters. The second kappa shape index (κ2) is 7.32. The molecule has 1 amide bonds. The van der Waals surface area contributed by atoms with E-state index in [0.717, 1.165) is 0 Å². The molecule has 0 spiro atoms. The largest absolute Gasteiger partial charge is 0.481 e. The van der Waals surface area contributed by atoms with E-state index in [9.17, 15) is 9.59 Å². The summed E-state index contributed by atoms with van der Waals surface area (Å²) in [6.45, 7) is 1.05. The normalized spacial score (nSPS) is 9.86. The summed E-state index contributed by atoms with van der Waals surface area (Å²) in [5, 5.41) is 8.36. The summed E-state index contributed by atoms with van der Waals surface area (Å²) in [4.78, 5) is 23.0. The van der Waals surface area contributed by atoms with Crippen LogP contribution in [0.1, 0.15) is 19.3 Å². The number of hydrogen-bond acceptors (Lipinski definition) is 3. The molecular weight excluding hydrogens is 186 g/mol. The van der Waals surface area contributed by atoms with Crippen molar-refractivity contribution in [1.82, 2.24) is 4.90 Å². The second-order valence-corrected chi connectivity index (χ2v) is 3.06. The Balaban J connectivity index is 3.56. The summed E-state index contributed by atoms with van der Waals surface area (Å²) in [5.41, 5.74) is 0. The maximum absolute atomic E-state index is 11.3. The van der Waals surface area contributed by atoms with Crippen molar-refractivity contribution in [2.75, 3.05) is 27.3 Å². The standard InChI is InChI=1S/C9H17NO4/c1-10(6-7-14-2)8(11)4-3-5-9(12)13/h3-7H2,1-2H3,(H,12,13). The minimum atomic E-state index is -0.864. The van der Waals surface area contributed by atoms with Crippen LogP contribution in [0.2, 0.25) is 0 Å². The number of amides is 1. The van der Waals surface area contributed by atoms with Gasteiger partial charge in [-0.25, -0.2) is 0 Å². The zero-order chi connectivity index (χ0) is 11.0. The average Bonchev–Trinajstić information content (AvgIpc) is 2.13. The van der Waals surface area contributed by atoms with E-state index in [2.05, 4.69) is 0 Å². The lowest BCUT2D eigenvalue weighted by molar-refractivity contribution is -0.137. The van der Waals surface area contributed by atoms with E-state index in [4.69, 9.17) is 9.84 Å². The first-order chi connectivity index (χ1) is 6.57. The predicted octanol–water partition coefficient (Wildman–Crippen LogP) is 0.346. The molecule has 0 heterocycles. The number of aliphatic carboxylic acids is 1. The summed E-state index contributed by atoms with van der Waals surface area (Å²) in [6.07, 6.45) is 0.724. The fourth-order valence-corrected chi connectivity index (χ4v) is 0.935. The highest BCUT2D eigenvalue weighted by Gasteiger charge is 2.08. The summed E-state index contributed by atoms with van der Waals surface area (Å²) in [6, 6.07) is 0. The van der Waals surface area contributed by atoms with Gasteiger partial charge in [0.05, 0.1) is 6.61 Å². The van der Waals surface area contributed by atoms with Gasteiger partial charge in [0, 0.05) is 33.5 Å². The first-order valence-corrected chi connectivity index (χ1v) is 4.52. The molecule has 0 rings (SSSR count). The van der Waals surface area contributed by atoms with Crippen LogP contribution >= 0.6 is 0 Å². The molecule has 0 aromatic rings. The second-order valence-electron chi connectivity index (χ2n) is 3.06. The quantitative estimate of drug-likeness (QED) is 0.648. The van der Waals surface area contributed by atoms with Crippen LogP contribution in [-0.4, -0.2) is 49.2 Å². The summed E-state index contributed by atoms with van der Waals surface area (Å²) < 4.78 is 4.82. The van der Waals surface area contributed by atoms with Gasteiger partial charge in [-0.3, -0.25) is 9.59 Å². The third-order valence-electron chi connectivity index (χ3n) is 1.84. The minimum Gasteiger partial charge on any atom is -0.481 e. The number of carbonyl (C=O) groups excluding carboxylic acids is 1. The molecular formula is C9H17NO4. The average molecular weight is 203 g/mol. The lowest BCUT2D eigenvalue weighted by Crippen LogP contribution is -2.29. The molecule has 0 atom stereocenters. The number of likely N-dealkylation sites (N-methyl/N-ethyl adjacent to an activating group) is 1. The molecule has 0 aromatic heterocycles. The van der Waals surface area contributed by atoms with Crippen LogP contribution in [-0.2, 0) is 14.3 Å². The summed E-state index contributed by atoms with van der Waals surface area (Å²) in [7, 11) is 3.25. The van der Waals surface area contributed by atoms with E-state index < -0.39 is 5.97 Å². The molecule has 1 N–H and O–H groups in total. The molecule has 0 saturated carbocycles. The Morgan fingerprint density at radius 3 is 2.50 bits per heavy atom. The number of hydrogen-bond donors (Lipinski definition) is 1. The van der Waals surface area contributed by atoms with Gasteiger partial charge in [0.15, 0.2) is 0 Å². The van der Waals surface area contributed by atoms with E-state index in [1.165, 1.54) is 0 Å². The Kier molecular flexibility index (Phi) is 6.74. The monoisotopic (exact) mass is 203 g/mol. The number of rotatable bonds is 7. The van der Waals surface area contributed by atoms with Gasteiger partial charge in [0.1, 0.15) is 0 Å². The number of ether oxygens (including phenoxy) is 1. The molecule has 0 aromatic carbocycles. The molecule has 14 heavy (non-hydrogen) atoms. The first kappa shape index (κ1) is 12.9. The van der Waals surface area contributed by atoms with Crippen molar-refractivity contribution < 1.29 is 19.4 Å². The van der Waals surface area contributed by atoms with Crippen molar-refractivity contribution in [1.29, 1.82) is 0 Å². The summed E-state index contributed by atoms with van der Waals surface area (Å²) >= 11 is 0. The molecule has 0 saturated heterocycles. The molecule has 5 heteroatoms. The number of carbonyl (C=O) groups is 2. The van der Waals surface area contributed by atoms with Crippen LogP contribution in [0.3, 0.4) is 0 Å². The van der Waals surface area contributed by atoms with E-state index >= 15 is 0 Å². The molecule has 0 fully saturated rings. The Morgan fingerprint density at radius 1 is 1.36 bits per heavy atom. The lowest BCUT2D eigenvalue weighted by Gasteiger charge is -2.15. The van der Waals surface area contributed by atoms with Crippen LogP contribution in [0.15, 0.2) is 0 Å². The Labute approximate surface area is 83.6 Å². The molecule has 5 nitrogen and oxygen atoms in total. The van der Waals surface area contributed by atoms with Gasteiger partial charge in [0.2, 0.25) is 5.91 Å². The molecule has 0 aliphatic heterocycles. The molecule has 0 radical (unpaired) electrons. The van der Waals surface area contributed by atoms with E-state index in [-0.39, 0.29) is 18.7 Å². The van der Waals surface area contributed by atoms with Crippen molar-refractivity contribution in [2.45, 2.75) is 19.3 Å². The fourth-order valence-electron chi connectivity index (χ4n) is 0.935. The number of methoxy groups -OCH3 is 1. The van der Waals surface area contributed by atoms with Crippen molar-refractivity contribution in [3.8, 4) is 0 Å². The lowest BCUT2D eigenvalue weighted by atomic mass is 10.2. The van der Waals surface area contributed by atoms with Gasteiger partial charge in [0.25, 0.3) is 0 Å². The molecule has 0 bridgehead atoms. The Hall–Kier alpha value is -1.10. The maximum Gasteiger partial charge on any atom is 0.303 e. The van der Waals surface area contributed by atoms with Crippen LogP contribution in [0, 0.1) is 0 Å². The van der Waals surface area contributed by atoms with Crippen LogP contribution in [0.25, 0.3) is 0 Å². The number of carboxylic acids is 1. The van der Waals surface area contributed by atoms with Gasteiger partial charge in [-0.15, -0.1) is 0 Å². The highest BCUT2D eigenvalue weighted by atomic mass is 16.5. The highest BCUT2D eigenvalue weighted by molar-refractivity contribution is 5.76. The summed E-state index contributed by atoms with van der Waals surface area (Å²) in [5.74, 6) is -0.902. The first-order valence-electron chi connectivity index (χ1n) is 4.52. The maximum atomic E-state index is 11.3. The fraction of sp³-hybridized carbons (Fsp3) is 0.778.